The van der Waals surface area contributed by atoms with Crippen LogP contribution in [0.5, 0.6) is 0 Å². The van der Waals surface area contributed by atoms with Crippen LogP contribution < -0.4 is 0 Å². The lowest BCUT2D eigenvalue weighted by Gasteiger charge is -2.29. The van der Waals surface area contributed by atoms with Crippen molar-refractivity contribution in [1.82, 2.24) is 0 Å². The summed E-state index contributed by atoms with van der Waals surface area (Å²) in [4.78, 5) is 0. The van der Waals surface area contributed by atoms with E-state index in [-0.39, 0.29) is 11.5 Å². The second kappa shape index (κ2) is 9.74. The molecule has 1 aliphatic carbocycles. The summed E-state index contributed by atoms with van der Waals surface area (Å²) in [6, 6.07) is 19.5. The van der Waals surface area contributed by atoms with E-state index in [0.29, 0.717) is 0 Å². The van der Waals surface area contributed by atoms with Gasteiger partial charge in [-0.3, -0.25) is 0 Å². The average molecular weight is 379 g/mol. The second-order valence-electron chi connectivity index (χ2n) is 9.90. The molecular formula is C27H38O. The van der Waals surface area contributed by atoms with Gasteiger partial charge in [0.15, 0.2) is 0 Å². The van der Waals surface area contributed by atoms with E-state index in [0.717, 1.165) is 30.2 Å². The van der Waals surface area contributed by atoms with Crippen LogP contribution in [0.2, 0.25) is 0 Å². The highest BCUT2D eigenvalue weighted by atomic mass is 16.3. The van der Waals surface area contributed by atoms with Crippen molar-refractivity contribution in [2.75, 3.05) is 0 Å². The minimum atomic E-state index is -0.316. The van der Waals surface area contributed by atoms with E-state index in [9.17, 15) is 5.11 Å². The van der Waals surface area contributed by atoms with E-state index in [1.807, 2.05) is 0 Å². The maximum Gasteiger partial charge on any atom is 0.0790 e. The van der Waals surface area contributed by atoms with Gasteiger partial charge in [-0.1, -0.05) is 101 Å². The molecule has 0 amide bonds. The minimum Gasteiger partial charge on any atom is -0.388 e. The van der Waals surface area contributed by atoms with Gasteiger partial charge in [-0.2, -0.15) is 0 Å². The number of hydrogen-bond donors (Lipinski definition) is 1. The molecule has 1 nitrogen and oxygen atoms in total. The molecule has 1 saturated carbocycles. The van der Waals surface area contributed by atoms with Crippen LogP contribution in [0.15, 0.2) is 54.6 Å². The molecule has 1 fully saturated rings. The predicted octanol–water partition coefficient (Wildman–Crippen LogP) is 7.24. The highest BCUT2D eigenvalue weighted by Crippen LogP contribution is 2.34. The third kappa shape index (κ3) is 6.21. The lowest BCUT2D eigenvalue weighted by molar-refractivity contribution is 0.157. The van der Waals surface area contributed by atoms with Crippen LogP contribution in [0.1, 0.15) is 88.5 Å². The zero-order valence-corrected chi connectivity index (χ0v) is 18.0. The third-order valence-corrected chi connectivity index (χ3v) is 6.58. The summed E-state index contributed by atoms with van der Waals surface area (Å²) in [5.41, 5.74) is 4.06. The van der Waals surface area contributed by atoms with Crippen LogP contribution in [0.4, 0.5) is 0 Å². The van der Waals surface area contributed by atoms with Crippen molar-refractivity contribution >= 4 is 0 Å². The normalized spacial score (nSPS) is 21.4. The summed E-state index contributed by atoms with van der Waals surface area (Å²) in [6.45, 7) is 6.69. The minimum absolute atomic E-state index is 0.169. The molecule has 0 aliphatic heterocycles. The van der Waals surface area contributed by atoms with Crippen LogP contribution in [-0.4, -0.2) is 5.11 Å². The van der Waals surface area contributed by atoms with Crippen molar-refractivity contribution in [3.63, 3.8) is 0 Å². The SMILES string of the molecule is CC(C)(C)c1ccc(C(O)CCCC2CCC(Cc3ccccc3)CC2)cc1. The van der Waals surface area contributed by atoms with E-state index in [2.05, 4.69) is 75.4 Å². The first-order chi connectivity index (χ1) is 13.4. The highest BCUT2D eigenvalue weighted by molar-refractivity contribution is 5.28. The average Bonchev–Trinajstić information content (AvgIpc) is 2.69. The monoisotopic (exact) mass is 378 g/mol. The zero-order chi connectivity index (χ0) is 20.0. The summed E-state index contributed by atoms with van der Waals surface area (Å²) < 4.78 is 0. The zero-order valence-electron chi connectivity index (χ0n) is 18.0. The van der Waals surface area contributed by atoms with Gasteiger partial charge in [-0.15, -0.1) is 0 Å². The van der Waals surface area contributed by atoms with Crippen molar-refractivity contribution in [3.8, 4) is 0 Å². The van der Waals surface area contributed by atoms with Gasteiger partial charge in [0.1, 0.15) is 0 Å². The fraction of sp³-hybridized carbons (Fsp3) is 0.556. The summed E-state index contributed by atoms with van der Waals surface area (Å²) in [5.74, 6) is 1.73. The van der Waals surface area contributed by atoms with E-state index in [1.165, 1.54) is 49.7 Å². The Labute approximate surface area is 172 Å². The highest BCUT2D eigenvalue weighted by Gasteiger charge is 2.21. The molecule has 2 aromatic carbocycles. The Bertz CT molecular complexity index is 687. The molecule has 0 spiro atoms. The Morgan fingerprint density at radius 2 is 1.46 bits per heavy atom. The van der Waals surface area contributed by atoms with Gasteiger partial charge in [0.05, 0.1) is 6.10 Å². The predicted molar refractivity (Wildman–Crippen MR) is 120 cm³/mol. The standard InChI is InChI=1S/C27H38O/c1-27(2,3)25-18-16-24(17-19-25)26(28)11-7-10-21-12-14-23(15-13-21)20-22-8-5-4-6-9-22/h4-6,8-9,16-19,21,23,26,28H,7,10-15,20H2,1-3H3. The van der Waals surface area contributed by atoms with E-state index in [4.69, 9.17) is 0 Å². The molecule has 1 N–H and O–H groups in total. The fourth-order valence-corrected chi connectivity index (χ4v) is 4.64. The molecule has 28 heavy (non-hydrogen) atoms. The molecular weight excluding hydrogens is 340 g/mol. The maximum absolute atomic E-state index is 10.5. The number of hydrogen-bond acceptors (Lipinski definition) is 1. The quantitative estimate of drug-likeness (QED) is 0.538. The van der Waals surface area contributed by atoms with Gasteiger partial charge in [0, 0.05) is 0 Å². The fourth-order valence-electron chi connectivity index (χ4n) is 4.64. The number of rotatable bonds is 7. The van der Waals surface area contributed by atoms with Crippen LogP contribution in [-0.2, 0) is 11.8 Å². The second-order valence-corrected chi connectivity index (χ2v) is 9.90. The summed E-state index contributed by atoms with van der Waals surface area (Å²) in [5, 5.41) is 10.5. The summed E-state index contributed by atoms with van der Waals surface area (Å²) >= 11 is 0. The lowest BCUT2D eigenvalue weighted by Crippen LogP contribution is -2.16. The van der Waals surface area contributed by atoms with Crippen molar-refractivity contribution in [3.05, 3.63) is 71.3 Å². The van der Waals surface area contributed by atoms with Gasteiger partial charge >= 0.3 is 0 Å². The number of benzene rings is 2. The molecule has 1 heteroatoms. The van der Waals surface area contributed by atoms with E-state index in [1.54, 1.807) is 0 Å². The Morgan fingerprint density at radius 3 is 2.07 bits per heavy atom. The Hall–Kier alpha value is -1.60. The largest absolute Gasteiger partial charge is 0.388 e. The Balaban J connectivity index is 1.36. The van der Waals surface area contributed by atoms with Gasteiger partial charge in [-0.05, 0) is 59.6 Å². The molecule has 152 valence electrons. The van der Waals surface area contributed by atoms with Crippen LogP contribution in [0, 0.1) is 11.8 Å². The molecule has 0 bridgehead atoms. The molecule has 1 unspecified atom stereocenters. The lowest BCUT2D eigenvalue weighted by atomic mass is 9.77. The molecule has 3 rings (SSSR count). The van der Waals surface area contributed by atoms with Crippen LogP contribution >= 0.6 is 0 Å². The van der Waals surface area contributed by atoms with Crippen molar-refractivity contribution < 1.29 is 5.11 Å². The molecule has 0 heterocycles. The van der Waals surface area contributed by atoms with Crippen molar-refractivity contribution in [1.29, 1.82) is 0 Å². The molecule has 2 aromatic rings. The van der Waals surface area contributed by atoms with Gasteiger partial charge in [0.2, 0.25) is 0 Å². The molecule has 0 aromatic heterocycles. The van der Waals surface area contributed by atoms with E-state index < -0.39 is 0 Å². The van der Waals surface area contributed by atoms with Crippen LogP contribution in [0.3, 0.4) is 0 Å². The smallest absolute Gasteiger partial charge is 0.0790 e. The topological polar surface area (TPSA) is 20.2 Å². The molecule has 0 saturated heterocycles. The Kier molecular flexibility index (Phi) is 7.35. The summed E-state index contributed by atoms with van der Waals surface area (Å²) in [7, 11) is 0. The third-order valence-electron chi connectivity index (χ3n) is 6.58. The molecule has 1 aliphatic rings. The van der Waals surface area contributed by atoms with Crippen LogP contribution in [0.25, 0.3) is 0 Å². The maximum atomic E-state index is 10.5. The van der Waals surface area contributed by atoms with Gasteiger partial charge < -0.3 is 5.11 Å². The Morgan fingerprint density at radius 1 is 0.857 bits per heavy atom. The first-order valence-corrected chi connectivity index (χ1v) is 11.2. The first kappa shape index (κ1) is 21.1. The van der Waals surface area contributed by atoms with Crippen molar-refractivity contribution in [2.24, 2.45) is 11.8 Å². The number of aliphatic hydroxyl groups is 1. The molecule has 1 atom stereocenters. The van der Waals surface area contributed by atoms with E-state index >= 15 is 0 Å². The molecule has 0 radical (unpaired) electrons. The van der Waals surface area contributed by atoms with Gasteiger partial charge in [0.25, 0.3) is 0 Å². The number of aliphatic hydroxyl groups excluding tert-OH is 1. The summed E-state index contributed by atoms with van der Waals surface area (Å²) in [6.07, 6.45) is 9.71. The van der Waals surface area contributed by atoms with Gasteiger partial charge in [-0.25, -0.2) is 0 Å². The first-order valence-electron chi connectivity index (χ1n) is 11.2. The van der Waals surface area contributed by atoms with Crippen molar-refractivity contribution in [2.45, 2.75) is 83.7 Å².